The number of thioether (sulfide) groups is 1. The van der Waals surface area contributed by atoms with Gasteiger partial charge in [0.25, 0.3) is 0 Å². The molecule has 1 fully saturated rings. The zero-order chi connectivity index (χ0) is 14.1. The van der Waals surface area contributed by atoms with Gasteiger partial charge in [-0.25, -0.2) is 13.4 Å². The summed E-state index contributed by atoms with van der Waals surface area (Å²) in [6, 6.07) is 4.74. The first-order valence-corrected chi connectivity index (χ1v) is 8.28. The maximum atomic E-state index is 12.5. The molecule has 0 N–H and O–H groups in total. The second kappa shape index (κ2) is 5.12. The Kier molecular flexibility index (Phi) is 3.85. The van der Waals surface area contributed by atoms with Crippen molar-refractivity contribution in [2.24, 2.45) is 0 Å². The quantitative estimate of drug-likeness (QED) is 0.826. The molecule has 1 aromatic rings. The topological polar surface area (TPSA) is 74.1 Å². The second-order valence-electron chi connectivity index (χ2n) is 4.94. The monoisotopic (exact) mass is 297 g/mol. The molecular weight excluding hydrogens is 282 g/mol. The van der Waals surface area contributed by atoms with E-state index in [1.807, 2.05) is 19.9 Å². The molecule has 0 radical (unpaired) electrons. The number of hydrogen-bond donors (Lipinski definition) is 0. The van der Waals surface area contributed by atoms with E-state index in [0.717, 1.165) is 5.75 Å². The van der Waals surface area contributed by atoms with Crippen molar-refractivity contribution >= 4 is 21.8 Å². The van der Waals surface area contributed by atoms with E-state index in [2.05, 4.69) is 4.98 Å². The summed E-state index contributed by atoms with van der Waals surface area (Å²) in [5.74, 6) is 0.788. The zero-order valence-electron chi connectivity index (χ0n) is 10.8. The Morgan fingerprint density at radius 1 is 1.47 bits per heavy atom. The molecule has 0 aliphatic carbocycles. The standard InChI is InChI=1S/C12H15N3O2S2/c1-12(2)9-15(5-6-18-12)19(16,17)11-4-3-10(7-13)14-8-11/h3-4,8H,5-6,9H2,1-2H3. The summed E-state index contributed by atoms with van der Waals surface area (Å²) in [5, 5.41) is 8.67. The van der Waals surface area contributed by atoms with E-state index in [9.17, 15) is 8.42 Å². The van der Waals surface area contributed by atoms with Crippen molar-refractivity contribution in [1.82, 2.24) is 9.29 Å². The molecule has 1 saturated heterocycles. The molecule has 2 rings (SSSR count). The second-order valence-corrected chi connectivity index (χ2v) is 8.68. The van der Waals surface area contributed by atoms with Crippen molar-refractivity contribution in [1.29, 1.82) is 5.26 Å². The van der Waals surface area contributed by atoms with Gasteiger partial charge in [-0.3, -0.25) is 0 Å². The maximum absolute atomic E-state index is 12.5. The highest BCUT2D eigenvalue weighted by atomic mass is 32.2. The van der Waals surface area contributed by atoms with Crippen molar-refractivity contribution in [3.63, 3.8) is 0 Å². The minimum atomic E-state index is -3.51. The van der Waals surface area contributed by atoms with Gasteiger partial charge >= 0.3 is 0 Å². The zero-order valence-corrected chi connectivity index (χ0v) is 12.5. The molecule has 5 nitrogen and oxygen atoms in total. The van der Waals surface area contributed by atoms with Crippen LogP contribution in [0.2, 0.25) is 0 Å². The Labute approximate surface area is 117 Å². The van der Waals surface area contributed by atoms with Gasteiger partial charge in [-0.05, 0) is 26.0 Å². The fourth-order valence-corrected chi connectivity index (χ4v) is 4.78. The van der Waals surface area contributed by atoms with Gasteiger partial charge in [-0.2, -0.15) is 21.3 Å². The number of sulfonamides is 1. The van der Waals surface area contributed by atoms with Gasteiger partial charge in [0, 0.05) is 29.8 Å². The van der Waals surface area contributed by atoms with Gasteiger partial charge in [0.1, 0.15) is 16.7 Å². The Bertz CT molecular complexity index is 603. The van der Waals surface area contributed by atoms with E-state index >= 15 is 0 Å². The highest BCUT2D eigenvalue weighted by Gasteiger charge is 2.34. The lowest BCUT2D eigenvalue weighted by Crippen LogP contribution is -2.46. The van der Waals surface area contributed by atoms with E-state index < -0.39 is 10.0 Å². The van der Waals surface area contributed by atoms with Gasteiger partial charge < -0.3 is 0 Å². The molecule has 0 atom stereocenters. The lowest BCUT2D eigenvalue weighted by atomic mass is 10.2. The van der Waals surface area contributed by atoms with Crippen LogP contribution in [-0.2, 0) is 10.0 Å². The summed E-state index contributed by atoms with van der Waals surface area (Å²) in [6.45, 7) is 5.07. The maximum Gasteiger partial charge on any atom is 0.244 e. The number of pyridine rings is 1. The molecule has 102 valence electrons. The Balaban J connectivity index is 2.29. The summed E-state index contributed by atoms with van der Waals surface area (Å²) < 4.78 is 26.4. The van der Waals surface area contributed by atoms with Crippen molar-refractivity contribution in [3.8, 4) is 6.07 Å². The molecule has 1 aliphatic rings. The SMILES string of the molecule is CC1(C)CN(S(=O)(=O)c2ccc(C#N)nc2)CCS1. The largest absolute Gasteiger partial charge is 0.244 e. The summed E-state index contributed by atoms with van der Waals surface area (Å²) in [5.41, 5.74) is 0.216. The fourth-order valence-electron chi connectivity index (χ4n) is 1.93. The van der Waals surface area contributed by atoms with Crippen LogP contribution in [0.4, 0.5) is 0 Å². The van der Waals surface area contributed by atoms with E-state index in [4.69, 9.17) is 5.26 Å². The molecule has 19 heavy (non-hydrogen) atoms. The smallest absolute Gasteiger partial charge is 0.244 e. The van der Waals surface area contributed by atoms with Crippen LogP contribution >= 0.6 is 11.8 Å². The first kappa shape index (κ1) is 14.3. The Morgan fingerprint density at radius 2 is 2.21 bits per heavy atom. The Hall–Kier alpha value is -1.10. The first-order valence-electron chi connectivity index (χ1n) is 5.85. The van der Waals surface area contributed by atoms with Crippen LogP contribution in [0.3, 0.4) is 0 Å². The molecule has 1 aliphatic heterocycles. The molecule has 2 heterocycles. The van der Waals surface area contributed by atoms with Crippen molar-refractivity contribution in [2.75, 3.05) is 18.8 Å². The molecule has 0 unspecified atom stereocenters. The number of rotatable bonds is 2. The number of hydrogen-bond acceptors (Lipinski definition) is 5. The molecule has 0 bridgehead atoms. The fraction of sp³-hybridized carbons (Fsp3) is 0.500. The lowest BCUT2D eigenvalue weighted by Gasteiger charge is -2.36. The highest BCUT2D eigenvalue weighted by molar-refractivity contribution is 8.00. The average Bonchev–Trinajstić information content (AvgIpc) is 2.37. The minimum absolute atomic E-state index is 0.0780. The normalized spacial score (nSPS) is 19.8. The van der Waals surface area contributed by atoms with Gasteiger partial charge in [-0.1, -0.05) is 0 Å². The molecule has 0 aromatic carbocycles. The van der Waals surface area contributed by atoms with Gasteiger partial charge in [-0.15, -0.1) is 0 Å². The minimum Gasteiger partial charge on any atom is -0.244 e. The van der Waals surface area contributed by atoms with Crippen molar-refractivity contribution < 1.29 is 8.42 Å². The number of nitrogens with zero attached hydrogens (tertiary/aromatic N) is 3. The van der Waals surface area contributed by atoms with Crippen LogP contribution in [0.5, 0.6) is 0 Å². The van der Waals surface area contributed by atoms with Gasteiger partial charge in [0.15, 0.2) is 0 Å². The predicted molar refractivity (Wildman–Crippen MR) is 74.2 cm³/mol. The van der Waals surface area contributed by atoms with Crippen molar-refractivity contribution in [2.45, 2.75) is 23.5 Å². The lowest BCUT2D eigenvalue weighted by molar-refractivity contribution is 0.387. The van der Waals surface area contributed by atoms with Crippen LogP contribution in [0.15, 0.2) is 23.2 Å². The molecule has 0 saturated carbocycles. The Morgan fingerprint density at radius 3 is 2.74 bits per heavy atom. The molecule has 0 amide bonds. The van der Waals surface area contributed by atoms with Crippen LogP contribution in [0.1, 0.15) is 19.5 Å². The third-order valence-corrected chi connectivity index (χ3v) is 6.01. The van der Waals surface area contributed by atoms with E-state index in [1.54, 1.807) is 11.8 Å². The molecule has 1 aromatic heterocycles. The van der Waals surface area contributed by atoms with E-state index in [0.29, 0.717) is 13.1 Å². The summed E-state index contributed by atoms with van der Waals surface area (Å²) in [7, 11) is -3.51. The predicted octanol–water partition coefficient (Wildman–Crippen LogP) is 1.47. The van der Waals surface area contributed by atoms with E-state index in [1.165, 1.54) is 22.6 Å². The summed E-state index contributed by atoms with van der Waals surface area (Å²) >= 11 is 1.78. The first-order chi connectivity index (χ1) is 8.85. The van der Waals surface area contributed by atoms with Crippen LogP contribution < -0.4 is 0 Å². The van der Waals surface area contributed by atoms with Crippen LogP contribution in [-0.4, -0.2) is 41.3 Å². The van der Waals surface area contributed by atoms with Gasteiger partial charge in [0.2, 0.25) is 10.0 Å². The average molecular weight is 297 g/mol. The molecular formula is C12H15N3O2S2. The molecule has 7 heteroatoms. The van der Waals surface area contributed by atoms with Crippen LogP contribution in [0, 0.1) is 11.3 Å². The molecule has 0 spiro atoms. The van der Waals surface area contributed by atoms with Crippen LogP contribution in [0.25, 0.3) is 0 Å². The third-order valence-electron chi connectivity index (χ3n) is 2.88. The summed E-state index contributed by atoms with van der Waals surface area (Å²) in [6.07, 6.45) is 1.25. The van der Waals surface area contributed by atoms with Crippen molar-refractivity contribution in [3.05, 3.63) is 24.0 Å². The number of aromatic nitrogens is 1. The highest BCUT2D eigenvalue weighted by Crippen LogP contribution is 2.32. The van der Waals surface area contributed by atoms with E-state index in [-0.39, 0.29) is 15.3 Å². The summed E-state index contributed by atoms with van der Waals surface area (Å²) in [4.78, 5) is 3.97. The van der Waals surface area contributed by atoms with Gasteiger partial charge in [0.05, 0.1) is 0 Å². The third kappa shape index (κ3) is 3.08. The number of nitriles is 1.